The van der Waals surface area contributed by atoms with Gasteiger partial charge in [0.05, 0.1) is 5.52 Å². The summed E-state index contributed by atoms with van der Waals surface area (Å²) in [6, 6.07) is 10.5. The Bertz CT molecular complexity index is 463. The zero-order valence-electron chi connectivity index (χ0n) is 8.29. The van der Waals surface area contributed by atoms with Crippen LogP contribution in [-0.4, -0.2) is 4.98 Å². The first-order valence-corrected chi connectivity index (χ1v) is 5.81. The Morgan fingerprint density at radius 1 is 1.14 bits per heavy atom. The minimum absolute atomic E-state index is 0.496. The first-order chi connectivity index (χ1) is 6.68. The van der Waals surface area contributed by atoms with Crippen molar-refractivity contribution in [1.82, 2.24) is 4.98 Å². The van der Waals surface area contributed by atoms with Gasteiger partial charge < -0.3 is 0 Å². The molecule has 14 heavy (non-hydrogen) atoms. The molecule has 2 rings (SSSR count). The highest BCUT2D eigenvalue weighted by atomic mass is 127. The predicted molar refractivity (Wildman–Crippen MR) is 68.5 cm³/mol. The summed E-state index contributed by atoms with van der Waals surface area (Å²) >= 11 is 2.34. The van der Waals surface area contributed by atoms with Crippen LogP contribution in [-0.2, 0) is 0 Å². The summed E-state index contributed by atoms with van der Waals surface area (Å²) in [5.41, 5.74) is 2.29. The maximum atomic E-state index is 4.67. The highest BCUT2D eigenvalue weighted by molar-refractivity contribution is 14.1. The molecule has 0 spiro atoms. The molecular formula is C12H12IN. The molecular weight excluding hydrogens is 285 g/mol. The van der Waals surface area contributed by atoms with Crippen molar-refractivity contribution in [2.24, 2.45) is 0 Å². The molecule has 72 valence electrons. The highest BCUT2D eigenvalue weighted by Crippen LogP contribution is 2.21. The third-order valence-electron chi connectivity index (χ3n) is 2.28. The number of fused-ring (bicyclic) bond motifs is 1. The van der Waals surface area contributed by atoms with Crippen molar-refractivity contribution in [3.8, 4) is 0 Å². The zero-order valence-corrected chi connectivity index (χ0v) is 10.4. The molecule has 2 heteroatoms. The Labute approximate surface area is 97.7 Å². The van der Waals surface area contributed by atoms with Crippen LogP contribution in [0.5, 0.6) is 0 Å². The van der Waals surface area contributed by atoms with E-state index in [9.17, 15) is 0 Å². The van der Waals surface area contributed by atoms with E-state index in [1.54, 1.807) is 0 Å². The standard InChI is InChI=1S/C12H12IN/c1-8(2)11-7-6-9-4-3-5-10(13)12(9)14-11/h3-8H,1-2H3. The number of benzene rings is 1. The van der Waals surface area contributed by atoms with Crippen molar-refractivity contribution in [3.05, 3.63) is 39.6 Å². The smallest absolute Gasteiger partial charge is 0.0838 e. The lowest BCUT2D eigenvalue weighted by Crippen LogP contribution is -1.93. The number of hydrogen-bond donors (Lipinski definition) is 0. The van der Waals surface area contributed by atoms with E-state index in [0.717, 1.165) is 5.52 Å². The second-order valence-corrected chi connectivity index (χ2v) is 4.86. The molecule has 0 radical (unpaired) electrons. The number of halogens is 1. The SMILES string of the molecule is CC(C)c1ccc2cccc(I)c2n1. The van der Waals surface area contributed by atoms with Crippen LogP contribution < -0.4 is 0 Å². The second-order valence-electron chi connectivity index (χ2n) is 3.70. The predicted octanol–water partition coefficient (Wildman–Crippen LogP) is 3.96. The zero-order chi connectivity index (χ0) is 10.1. The lowest BCUT2D eigenvalue weighted by molar-refractivity contribution is 0.830. The topological polar surface area (TPSA) is 12.9 Å². The fourth-order valence-electron chi connectivity index (χ4n) is 1.45. The van der Waals surface area contributed by atoms with E-state index in [-0.39, 0.29) is 0 Å². The van der Waals surface area contributed by atoms with Crippen molar-refractivity contribution >= 4 is 33.5 Å². The maximum Gasteiger partial charge on any atom is 0.0838 e. The van der Waals surface area contributed by atoms with Gasteiger partial charge in [0.2, 0.25) is 0 Å². The van der Waals surface area contributed by atoms with E-state index in [2.05, 4.69) is 71.8 Å². The minimum Gasteiger partial charge on any atom is -0.251 e. The number of rotatable bonds is 1. The number of para-hydroxylation sites is 1. The number of aromatic nitrogens is 1. The molecule has 0 saturated heterocycles. The summed E-state index contributed by atoms with van der Waals surface area (Å²) in [6.45, 7) is 4.34. The quantitative estimate of drug-likeness (QED) is 0.726. The largest absolute Gasteiger partial charge is 0.251 e. The van der Waals surface area contributed by atoms with Crippen molar-refractivity contribution in [2.75, 3.05) is 0 Å². The molecule has 1 aromatic carbocycles. The molecule has 2 aromatic rings. The van der Waals surface area contributed by atoms with Crippen molar-refractivity contribution in [2.45, 2.75) is 19.8 Å². The van der Waals surface area contributed by atoms with Crippen LogP contribution in [0, 0.1) is 3.57 Å². The van der Waals surface area contributed by atoms with Crippen LogP contribution in [0.15, 0.2) is 30.3 Å². The second kappa shape index (κ2) is 3.85. The Balaban J connectivity index is 2.70. The van der Waals surface area contributed by atoms with Gasteiger partial charge in [0.1, 0.15) is 0 Å². The van der Waals surface area contributed by atoms with E-state index in [1.165, 1.54) is 14.7 Å². The summed E-state index contributed by atoms with van der Waals surface area (Å²) in [5, 5.41) is 1.22. The van der Waals surface area contributed by atoms with Crippen LogP contribution in [0.2, 0.25) is 0 Å². The minimum atomic E-state index is 0.496. The Morgan fingerprint density at radius 2 is 1.93 bits per heavy atom. The molecule has 0 N–H and O–H groups in total. The van der Waals surface area contributed by atoms with Gasteiger partial charge in [-0.2, -0.15) is 0 Å². The molecule has 1 nitrogen and oxygen atoms in total. The number of pyridine rings is 1. The molecule has 0 aliphatic rings. The fraction of sp³-hybridized carbons (Fsp3) is 0.250. The van der Waals surface area contributed by atoms with Gasteiger partial charge >= 0.3 is 0 Å². The third kappa shape index (κ3) is 1.75. The van der Waals surface area contributed by atoms with Gasteiger partial charge in [-0.25, -0.2) is 0 Å². The number of nitrogens with zero attached hydrogens (tertiary/aromatic N) is 1. The van der Waals surface area contributed by atoms with E-state index in [0.29, 0.717) is 5.92 Å². The van der Waals surface area contributed by atoms with E-state index >= 15 is 0 Å². The molecule has 0 fully saturated rings. The third-order valence-corrected chi connectivity index (χ3v) is 3.15. The molecule has 0 saturated carbocycles. The van der Waals surface area contributed by atoms with Gasteiger partial charge in [-0.05, 0) is 40.6 Å². The highest BCUT2D eigenvalue weighted by Gasteiger charge is 2.04. The van der Waals surface area contributed by atoms with E-state index in [1.807, 2.05) is 0 Å². The average molecular weight is 297 g/mol. The summed E-state index contributed by atoms with van der Waals surface area (Å²) in [6.07, 6.45) is 0. The Morgan fingerprint density at radius 3 is 2.64 bits per heavy atom. The fourth-order valence-corrected chi connectivity index (χ4v) is 2.09. The molecule has 0 atom stereocenters. The van der Waals surface area contributed by atoms with Crippen LogP contribution in [0.4, 0.5) is 0 Å². The van der Waals surface area contributed by atoms with Crippen LogP contribution in [0.25, 0.3) is 10.9 Å². The molecule has 1 heterocycles. The van der Waals surface area contributed by atoms with E-state index < -0.39 is 0 Å². The number of hydrogen-bond acceptors (Lipinski definition) is 1. The van der Waals surface area contributed by atoms with Crippen LogP contribution in [0.1, 0.15) is 25.5 Å². The van der Waals surface area contributed by atoms with Gasteiger partial charge in [-0.3, -0.25) is 4.98 Å². The van der Waals surface area contributed by atoms with Gasteiger partial charge in [0.25, 0.3) is 0 Å². The summed E-state index contributed by atoms with van der Waals surface area (Å²) in [7, 11) is 0. The molecule has 0 amide bonds. The monoisotopic (exact) mass is 297 g/mol. The molecule has 0 bridgehead atoms. The molecule has 1 aromatic heterocycles. The van der Waals surface area contributed by atoms with Crippen molar-refractivity contribution < 1.29 is 0 Å². The first-order valence-electron chi connectivity index (χ1n) is 4.73. The van der Waals surface area contributed by atoms with Gasteiger partial charge in [-0.15, -0.1) is 0 Å². The molecule has 0 aliphatic carbocycles. The molecule has 0 aliphatic heterocycles. The lowest BCUT2D eigenvalue weighted by Gasteiger charge is -2.06. The summed E-state index contributed by atoms with van der Waals surface area (Å²) in [4.78, 5) is 4.67. The lowest BCUT2D eigenvalue weighted by atomic mass is 10.1. The van der Waals surface area contributed by atoms with Gasteiger partial charge in [0, 0.05) is 14.7 Å². The van der Waals surface area contributed by atoms with Crippen LogP contribution >= 0.6 is 22.6 Å². The Kier molecular flexibility index (Phi) is 2.72. The van der Waals surface area contributed by atoms with Crippen LogP contribution in [0.3, 0.4) is 0 Å². The van der Waals surface area contributed by atoms with Crippen molar-refractivity contribution in [1.29, 1.82) is 0 Å². The maximum absolute atomic E-state index is 4.67. The van der Waals surface area contributed by atoms with Crippen molar-refractivity contribution in [3.63, 3.8) is 0 Å². The summed E-state index contributed by atoms with van der Waals surface area (Å²) in [5.74, 6) is 0.496. The Hall–Kier alpha value is -0.640. The molecule has 0 unspecified atom stereocenters. The van der Waals surface area contributed by atoms with Gasteiger partial charge in [0.15, 0.2) is 0 Å². The normalized spacial score (nSPS) is 11.1. The van der Waals surface area contributed by atoms with E-state index in [4.69, 9.17) is 0 Å². The first kappa shape index (κ1) is 9.90. The summed E-state index contributed by atoms with van der Waals surface area (Å²) < 4.78 is 1.22. The average Bonchev–Trinajstić information content (AvgIpc) is 2.18. The van der Waals surface area contributed by atoms with Gasteiger partial charge in [-0.1, -0.05) is 32.0 Å².